The van der Waals surface area contributed by atoms with Gasteiger partial charge in [0.05, 0.1) is 12.7 Å². The Hall–Kier alpha value is -0.650. The molecule has 0 aromatic heterocycles. The number of nitrogens with zero attached hydrogens (tertiary/aromatic N) is 1. The van der Waals surface area contributed by atoms with Gasteiger partial charge >= 0.3 is 0 Å². The van der Waals surface area contributed by atoms with Crippen molar-refractivity contribution in [1.29, 1.82) is 0 Å². The molecule has 1 aliphatic heterocycles. The van der Waals surface area contributed by atoms with Gasteiger partial charge in [-0.2, -0.15) is 0 Å². The summed E-state index contributed by atoms with van der Waals surface area (Å²) in [5.74, 6) is -0.0580. The number of aliphatic hydroxyl groups is 1. The monoisotopic (exact) mass is 273 g/mol. The lowest BCUT2D eigenvalue weighted by Gasteiger charge is -2.28. The maximum atomic E-state index is 11.9. The smallest absolute Gasteiger partial charge is 0.248 e. The van der Waals surface area contributed by atoms with E-state index in [0.29, 0.717) is 13.2 Å². The van der Waals surface area contributed by atoms with Crippen LogP contribution in [0.4, 0.5) is 0 Å². The Morgan fingerprint density at radius 1 is 1.47 bits per heavy atom. The van der Waals surface area contributed by atoms with Gasteiger partial charge in [0.15, 0.2) is 0 Å². The van der Waals surface area contributed by atoms with Crippen LogP contribution >= 0.6 is 0 Å². The Bertz CT molecular complexity index is 275. The van der Waals surface area contributed by atoms with Gasteiger partial charge < -0.3 is 19.5 Å². The number of rotatable bonds is 7. The molecule has 0 bridgehead atoms. The fourth-order valence-corrected chi connectivity index (χ4v) is 2.11. The van der Waals surface area contributed by atoms with Crippen molar-refractivity contribution in [2.75, 3.05) is 40.0 Å². The van der Waals surface area contributed by atoms with Gasteiger partial charge in [0.25, 0.3) is 0 Å². The van der Waals surface area contributed by atoms with Crippen LogP contribution in [-0.2, 0) is 14.3 Å². The number of carbonyl (C=O) groups is 1. The van der Waals surface area contributed by atoms with Crippen molar-refractivity contribution >= 4 is 5.91 Å². The summed E-state index contributed by atoms with van der Waals surface area (Å²) in [7, 11) is 1.74. The lowest BCUT2D eigenvalue weighted by molar-refractivity contribution is -0.138. The first-order valence-corrected chi connectivity index (χ1v) is 6.99. The van der Waals surface area contributed by atoms with Crippen molar-refractivity contribution in [2.45, 2.75) is 39.2 Å². The van der Waals surface area contributed by atoms with Crippen LogP contribution in [0, 0.1) is 5.41 Å². The number of likely N-dealkylation sites (N-methyl/N-ethyl adjacent to an activating group) is 1. The predicted octanol–water partition coefficient (Wildman–Crippen LogP) is 1.05. The first-order valence-electron chi connectivity index (χ1n) is 6.99. The Morgan fingerprint density at radius 3 is 2.79 bits per heavy atom. The molecule has 0 aromatic rings. The summed E-state index contributed by atoms with van der Waals surface area (Å²) in [6, 6.07) is 0. The molecule has 5 nitrogen and oxygen atoms in total. The van der Waals surface area contributed by atoms with Crippen LogP contribution in [0.15, 0.2) is 0 Å². The van der Waals surface area contributed by atoms with Gasteiger partial charge in [-0.05, 0) is 19.3 Å². The quantitative estimate of drug-likeness (QED) is 0.753. The van der Waals surface area contributed by atoms with E-state index < -0.39 is 0 Å². The summed E-state index contributed by atoms with van der Waals surface area (Å²) in [5, 5.41) is 9.19. The van der Waals surface area contributed by atoms with Gasteiger partial charge in [-0.15, -0.1) is 0 Å². The summed E-state index contributed by atoms with van der Waals surface area (Å²) < 4.78 is 11.0. The lowest BCUT2D eigenvalue weighted by atomic mass is 9.94. The van der Waals surface area contributed by atoms with Gasteiger partial charge in [-0.3, -0.25) is 4.79 Å². The molecule has 0 aromatic carbocycles. The molecule has 1 rings (SSSR count). The Morgan fingerprint density at radius 2 is 2.21 bits per heavy atom. The summed E-state index contributed by atoms with van der Waals surface area (Å²) in [6.07, 6.45) is 3.45. The van der Waals surface area contributed by atoms with E-state index in [4.69, 9.17) is 9.47 Å². The SMILES string of the molecule is CN(CC(C)(C)CO)C(=O)COCC1CCCCO1. The molecule has 1 atom stereocenters. The molecule has 1 aliphatic rings. The van der Waals surface area contributed by atoms with Gasteiger partial charge in [0.2, 0.25) is 5.91 Å². The van der Waals surface area contributed by atoms with E-state index in [-0.39, 0.29) is 30.6 Å². The molecule has 0 radical (unpaired) electrons. The number of ether oxygens (including phenoxy) is 2. The topological polar surface area (TPSA) is 59.0 Å². The minimum Gasteiger partial charge on any atom is -0.396 e. The van der Waals surface area contributed by atoms with Crippen molar-refractivity contribution in [3.8, 4) is 0 Å². The van der Waals surface area contributed by atoms with Crippen LogP contribution in [0.5, 0.6) is 0 Å². The van der Waals surface area contributed by atoms with Crippen molar-refractivity contribution in [2.24, 2.45) is 5.41 Å². The third-order valence-electron chi connectivity index (χ3n) is 3.32. The number of hydrogen-bond donors (Lipinski definition) is 1. The first kappa shape index (κ1) is 16.4. The molecule has 112 valence electrons. The normalized spacial score (nSPS) is 20.3. The molecule has 1 amide bonds. The third kappa shape index (κ3) is 6.36. The summed E-state index contributed by atoms with van der Waals surface area (Å²) >= 11 is 0. The number of hydrogen-bond acceptors (Lipinski definition) is 4. The molecule has 1 saturated heterocycles. The van der Waals surface area contributed by atoms with E-state index in [9.17, 15) is 9.90 Å². The molecule has 0 saturated carbocycles. The van der Waals surface area contributed by atoms with Crippen LogP contribution in [0.3, 0.4) is 0 Å². The van der Waals surface area contributed by atoms with Crippen LogP contribution in [0.2, 0.25) is 0 Å². The van der Waals surface area contributed by atoms with Crippen molar-refractivity contribution in [1.82, 2.24) is 4.90 Å². The van der Waals surface area contributed by atoms with Gasteiger partial charge in [0.1, 0.15) is 6.61 Å². The predicted molar refractivity (Wildman–Crippen MR) is 72.9 cm³/mol. The zero-order valence-electron chi connectivity index (χ0n) is 12.4. The Kier molecular flexibility index (Phi) is 6.75. The molecule has 1 N–H and O–H groups in total. The van der Waals surface area contributed by atoms with Gasteiger partial charge in [0, 0.05) is 32.2 Å². The van der Waals surface area contributed by atoms with Crippen LogP contribution in [0.1, 0.15) is 33.1 Å². The molecule has 5 heteroatoms. The van der Waals surface area contributed by atoms with Crippen molar-refractivity contribution < 1.29 is 19.4 Å². The highest BCUT2D eigenvalue weighted by Gasteiger charge is 2.22. The molecular formula is C14H27NO4. The molecule has 1 heterocycles. The largest absolute Gasteiger partial charge is 0.396 e. The third-order valence-corrected chi connectivity index (χ3v) is 3.32. The molecule has 0 spiro atoms. The highest BCUT2D eigenvalue weighted by atomic mass is 16.5. The zero-order valence-corrected chi connectivity index (χ0v) is 12.4. The van der Waals surface area contributed by atoms with Crippen LogP contribution in [0.25, 0.3) is 0 Å². The lowest BCUT2D eigenvalue weighted by Crippen LogP contribution is -2.40. The standard InChI is InChI=1S/C14H27NO4/c1-14(2,11-16)10-15(3)13(17)9-18-8-12-6-4-5-7-19-12/h12,16H,4-11H2,1-3H3. The highest BCUT2D eigenvalue weighted by molar-refractivity contribution is 5.77. The number of amides is 1. The summed E-state index contributed by atoms with van der Waals surface area (Å²) in [6.45, 7) is 5.79. The number of aliphatic hydroxyl groups excluding tert-OH is 1. The minimum absolute atomic E-state index is 0.0569. The Balaban J connectivity index is 2.19. The highest BCUT2D eigenvalue weighted by Crippen LogP contribution is 2.15. The first-order chi connectivity index (χ1) is 8.94. The maximum absolute atomic E-state index is 11.9. The van der Waals surface area contributed by atoms with Crippen LogP contribution in [-0.4, -0.2) is 62.0 Å². The van der Waals surface area contributed by atoms with E-state index in [1.807, 2.05) is 13.8 Å². The second kappa shape index (κ2) is 7.82. The van der Waals surface area contributed by atoms with E-state index in [2.05, 4.69) is 0 Å². The molecule has 1 unspecified atom stereocenters. The molecular weight excluding hydrogens is 246 g/mol. The van der Waals surface area contributed by atoms with E-state index in [0.717, 1.165) is 19.4 Å². The van der Waals surface area contributed by atoms with E-state index in [1.165, 1.54) is 6.42 Å². The number of carbonyl (C=O) groups excluding carboxylic acids is 1. The zero-order chi connectivity index (χ0) is 14.3. The van der Waals surface area contributed by atoms with Crippen LogP contribution < -0.4 is 0 Å². The summed E-state index contributed by atoms with van der Waals surface area (Å²) in [5.41, 5.74) is -0.281. The molecule has 19 heavy (non-hydrogen) atoms. The van der Waals surface area contributed by atoms with E-state index >= 15 is 0 Å². The fraction of sp³-hybridized carbons (Fsp3) is 0.929. The van der Waals surface area contributed by atoms with E-state index in [1.54, 1.807) is 11.9 Å². The second-order valence-electron chi connectivity index (χ2n) is 6.08. The van der Waals surface area contributed by atoms with Crippen molar-refractivity contribution in [3.05, 3.63) is 0 Å². The Labute approximate surface area is 115 Å². The fourth-order valence-electron chi connectivity index (χ4n) is 2.11. The average molecular weight is 273 g/mol. The van der Waals surface area contributed by atoms with Crippen molar-refractivity contribution in [3.63, 3.8) is 0 Å². The van der Waals surface area contributed by atoms with Gasteiger partial charge in [-0.25, -0.2) is 0 Å². The molecule has 0 aliphatic carbocycles. The minimum atomic E-state index is -0.281. The van der Waals surface area contributed by atoms with Gasteiger partial charge in [-0.1, -0.05) is 13.8 Å². The summed E-state index contributed by atoms with van der Waals surface area (Å²) in [4.78, 5) is 13.5. The average Bonchev–Trinajstić information content (AvgIpc) is 2.39. The maximum Gasteiger partial charge on any atom is 0.248 e. The second-order valence-corrected chi connectivity index (χ2v) is 6.08. The molecule has 1 fully saturated rings.